The van der Waals surface area contributed by atoms with E-state index in [4.69, 9.17) is 11.6 Å². The number of carbonyl (C=O) groups excluding carboxylic acids is 1. The summed E-state index contributed by atoms with van der Waals surface area (Å²) >= 11 is 9.63. The van der Waals surface area contributed by atoms with Gasteiger partial charge in [0.05, 0.1) is 6.42 Å². The summed E-state index contributed by atoms with van der Waals surface area (Å²) < 4.78 is 1.03. The summed E-state index contributed by atoms with van der Waals surface area (Å²) in [6, 6.07) is 11.4. The second-order valence-electron chi connectivity index (χ2n) is 5.02. The molecular weight excluding hydrogens is 352 g/mol. The fraction of sp³-hybridized carbons (Fsp3) is 0.188. The highest BCUT2D eigenvalue weighted by molar-refractivity contribution is 9.10. The molecule has 0 aliphatic carbocycles. The molecule has 0 aromatic heterocycles. The van der Waals surface area contributed by atoms with Gasteiger partial charge in [0.1, 0.15) is 0 Å². The number of benzene rings is 2. The number of nitrogens with one attached hydrogen (secondary N) is 2. The number of fused-ring (bicyclic) bond motifs is 1. The van der Waals surface area contributed by atoms with E-state index >= 15 is 0 Å². The van der Waals surface area contributed by atoms with Crippen molar-refractivity contribution in [2.75, 3.05) is 5.32 Å². The average Bonchev–Trinajstić information content (AvgIpc) is 2.90. The molecule has 0 spiro atoms. The van der Waals surface area contributed by atoms with Crippen molar-refractivity contribution in [2.45, 2.75) is 19.5 Å². The predicted octanol–water partition coefficient (Wildman–Crippen LogP) is 3.89. The van der Waals surface area contributed by atoms with E-state index in [1.807, 2.05) is 30.3 Å². The van der Waals surface area contributed by atoms with Crippen molar-refractivity contribution < 1.29 is 4.79 Å². The van der Waals surface area contributed by atoms with Gasteiger partial charge in [-0.1, -0.05) is 45.7 Å². The molecule has 3 nitrogen and oxygen atoms in total. The molecule has 5 heteroatoms. The lowest BCUT2D eigenvalue weighted by atomic mass is 10.1. The molecule has 2 aromatic carbocycles. The molecule has 0 unspecified atom stereocenters. The van der Waals surface area contributed by atoms with Crippen molar-refractivity contribution >= 4 is 39.1 Å². The Kier molecular flexibility index (Phi) is 4.29. The summed E-state index contributed by atoms with van der Waals surface area (Å²) in [7, 11) is 0. The number of rotatable bonds is 3. The minimum Gasteiger partial charge on any atom is -0.326 e. The third-order valence-electron chi connectivity index (χ3n) is 3.50. The van der Waals surface area contributed by atoms with Crippen molar-refractivity contribution in [3.63, 3.8) is 0 Å². The van der Waals surface area contributed by atoms with Crippen LogP contribution < -0.4 is 10.6 Å². The van der Waals surface area contributed by atoms with Crippen molar-refractivity contribution in [1.82, 2.24) is 5.32 Å². The Labute approximate surface area is 136 Å². The molecule has 21 heavy (non-hydrogen) atoms. The van der Waals surface area contributed by atoms with Crippen LogP contribution in [0.4, 0.5) is 5.69 Å². The molecule has 0 saturated carbocycles. The molecule has 2 N–H and O–H groups in total. The molecule has 1 amide bonds. The van der Waals surface area contributed by atoms with Gasteiger partial charge in [-0.15, -0.1) is 0 Å². The normalized spacial score (nSPS) is 13.0. The molecule has 0 bridgehead atoms. The minimum absolute atomic E-state index is 0.0686. The van der Waals surface area contributed by atoms with Gasteiger partial charge in [0, 0.05) is 28.3 Å². The molecule has 0 fully saturated rings. The van der Waals surface area contributed by atoms with E-state index in [1.165, 1.54) is 11.1 Å². The van der Waals surface area contributed by atoms with E-state index in [1.54, 1.807) is 6.07 Å². The van der Waals surface area contributed by atoms with Crippen LogP contribution in [0, 0.1) is 0 Å². The highest BCUT2D eigenvalue weighted by Gasteiger charge is 2.15. The van der Waals surface area contributed by atoms with E-state index in [-0.39, 0.29) is 12.3 Å². The number of halogens is 2. The van der Waals surface area contributed by atoms with Crippen LogP contribution in [0.25, 0.3) is 0 Å². The second-order valence-corrected chi connectivity index (χ2v) is 6.28. The molecular formula is C16H14BrClN2O. The molecule has 2 aromatic rings. The fourth-order valence-corrected chi connectivity index (χ4v) is 3.31. The first kappa shape index (κ1) is 14.6. The van der Waals surface area contributed by atoms with Crippen molar-refractivity contribution in [1.29, 1.82) is 0 Å². The van der Waals surface area contributed by atoms with Gasteiger partial charge in [-0.2, -0.15) is 0 Å². The van der Waals surface area contributed by atoms with Gasteiger partial charge < -0.3 is 10.6 Å². The van der Waals surface area contributed by atoms with Crippen molar-refractivity contribution in [2.24, 2.45) is 0 Å². The molecule has 1 aliphatic heterocycles. The summed E-state index contributed by atoms with van der Waals surface area (Å²) in [5.74, 6) is -0.0686. The van der Waals surface area contributed by atoms with Crippen LogP contribution in [-0.2, 0) is 24.3 Å². The first-order valence-electron chi connectivity index (χ1n) is 6.69. The van der Waals surface area contributed by atoms with Crippen LogP contribution in [0.3, 0.4) is 0 Å². The largest absolute Gasteiger partial charge is 0.326 e. The smallest absolute Gasteiger partial charge is 0.228 e. The van der Waals surface area contributed by atoms with Gasteiger partial charge in [-0.25, -0.2) is 0 Å². The Morgan fingerprint density at radius 2 is 2.10 bits per heavy atom. The molecule has 1 aliphatic rings. The SMILES string of the molecule is O=C(Cc1ccccc1Cl)Nc1cc(Br)c2c(c1)CNC2. The van der Waals surface area contributed by atoms with Crippen LogP contribution >= 0.6 is 27.5 Å². The van der Waals surface area contributed by atoms with Gasteiger partial charge in [0.2, 0.25) is 5.91 Å². The Hall–Kier alpha value is -1.36. The quantitative estimate of drug-likeness (QED) is 0.866. The van der Waals surface area contributed by atoms with Crippen LogP contribution in [0.2, 0.25) is 5.02 Å². The number of amides is 1. The van der Waals surface area contributed by atoms with Crippen LogP contribution in [0.5, 0.6) is 0 Å². The minimum atomic E-state index is -0.0686. The van der Waals surface area contributed by atoms with Gasteiger partial charge in [0.25, 0.3) is 0 Å². The number of anilines is 1. The lowest BCUT2D eigenvalue weighted by Gasteiger charge is -2.09. The zero-order valence-electron chi connectivity index (χ0n) is 11.2. The zero-order chi connectivity index (χ0) is 14.8. The van der Waals surface area contributed by atoms with Gasteiger partial charge in [0.15, 0.2) is 0 Å². The molecule has 0 radical (unpaired) electrons. The topological polar surface area (TPSA) is 41.1 Å². The van der Waals surface area contributed by atoms with E-state index in [0.29, 0.717) is 5.02 Å². The molecule has 1 heterocycles. The summed E-state index contributed by atoms with van der Waals surface area (Å²) in [5, 5.41) is 6.85. The summed E-state index contributed by atoms with van der Waals surface area (Å²) in [6.45, 7) is 1.70. The lowest BCUT2D eigenvalue weighted by molar-refractivity contribution is -0.115. The first-order chi connectivity index (χ1) is 10.1. The Balaban J connectivity index is 1.74. The Morgan fingerprint density at radius 1 is 1.29 bits per heavy atom. The zero-order valence-corrected chi connectivity index (χ0v) is 13.6. The first-order valence-corrected chi connectivity index (χ1v) is 7.86. The number of carbonyl (C=O) groups is 1. The summed E-state index contributed by atoms with van der Waals surface area (Å²) in [5.41, 5.74) is 4.12. The van der Waals surface area contributed by atoms with Crippen LogP contribution in [-0.4, -0.2) is 5.91 Å². The number of hydrogen-bond acceptors (Lipinski definition) is 2. The second kappa shape index (κ2) is 6.18. The average molecular weight is 366 g/mol. The van der Waals surface area contributed by atoms with E-state index in [2.05, 4.69) is 26.6 Å². The highest BCUT2D eigenvalue weighted by Crippen LogP contribution is 2.29. The fourth-order valence-electron chi connectivity index (χ4n) is 2.46. The highest BCUT2D eigenvalue weighted by atomic mass is 79.9. The monoisotopic (exact) mass is 364 g/mol. The number of hydrogen-bond donors (Lipinski definition) is 2. The van der Waals surface area contributed by atoms with Gasteiger partial charge in [-0.05, 0) is 34.9 Å². The van der Waals surface area contributed by atoms with E-state index in [9.17, 15) is 4.79 Å². The maximum atomic E-state index is 12.1. The van der Waals surface area contributed by atoms with Gasteiger partial charge in [-0.3, -0.25) is 4.79 Å². The molecule has 108 valence electrons. The lowest BCUT2D eigenvalue weighted by Crippen LogP contribution is -2.15. The van der Waals surface area contributed by atoms with Crippen molar-refractivity contribution in [3.05, 3.63) is 62.6 Å². The summed E-state index contributed by atoms with van der Waals surface area (Å²) in [4.78, 5) is 12.1. The Bertz CT molecular complexity index is 703. The molecule has 0 atom stereocenters. The molecule has 3 rings (SSSR count). The standard InChI is InChI=1S/C16H14BrClN2O/c17-14-7-12(5-11-8-19-9-13(11)14)20-16(21)6-10-3-1-2-4-15(10)18/h1-5,7,19H,6,8-9H2,(H,20,21). The third kappa shape index (κ3) is 3.28. The molecule has 0 saturated heterocycles. The van der Waals surface area contributed by atoms with Gasteiger partial charge >= 0.3 is 0 Å². The van der Waals surface area contributed by atoms with E-state index in [0.717, 1.165) is 28.8 Å². The maximum absolute atomic E-state index is 12.1. The van der Waals surface area contributed by atoms with Crippen molar-refractivity contribution in [3.8, 4) is 0 Å². The third-order valence-corrected chi connectivity index (χ3v) is 4.57. The van der Waals surface area contributed by atoms with Crippen LogP contribution in [0.1, 0.15) is 16.7 Å². The van der Waals surface area contributed by atoms with E-state index < -0.39 is 0 Å². The predicted molar refractivity (Wildman–Crippen MR) is 88.5 cm³/mol. The van der Waals surface area contributed by atoms with Crippen LogP contribution in [0.15, 0.2) is 40.9 Å². The Morgan fingerprint density at radius 3 is 2.90 bits per heavy atom. The summed E-state index contributed by atoms with van der Waals surface area (Å²) in [6.07, 6.45) is 0.270. The maximum Gasteiger partial charge on any atom is 0.228 e.